The molecule has 0 aromatic heterocycles. The van der Waals surface area contributed by atoms with Crippen LogP contribution in [0.1, 0.15) is 36.5 Å². The van der Waals surface area contributed by atoms with E-state index in [0.717, 1.165) is 11.1 Å². The molecule has 1 heterocycles. The number of carbonyl (C=O) groups excluding carboxylic acids is 2. The van der Waals surface area contributed by atoms with Gasteiger partial charge in [-0.15, -0.1) is 0 Å². The van der Waals surface area contributed by atoms with Crippen molar-refractivity contribution < 1.29 is 23.5 Å². The Morgan fingerprint density at radius 1 is 1.15 bits per heavy atom. The number of carbonyl (C=O) groups is 2. The first-order chi connectivity index (χ1) is 15.9. The molecular formula is C26H31FN2O4. The minimum atomic E-state index is -0.276. The Labute approximate surface area is 194 Å². The van der Waals surface area contributed by atoms with E-state index in [2.05, 4.69) is 5.32 Å². The van der Waals surface area contributed by atoms with Gasteiger partial charge >= 0.3 is 0 Å². The summed E-state index contributed by atoms with van der Waals surface area (Å²) in [5, 5.41) is 2.88. The molecule has 33 heavy (non-hydrogen) atoms. The maximum atomic E-state index is 13.7. The number of nitrogens with zero attached hydrogens (tertiary/aromatic N) is 1. The zero-order valence-corrected chi connectivity index (χ0v) is 19.4. The predicted octanol–water partition coefficient (Wildman–Crippen LogP) is 4.11. The molecular weight excluding hydrogens is 423 g/mol. The molecule has 0 bridgehead atoms. The molecule has 1 saturated heterocycles. The fourth-order valence-electron chi connectivity index (χ4n) is 3.80. The summed E-state index contributed by atoms with van der Waals surface area (Å²) < 4.78 is 24.7. The van der Waals surface area contributed by atoms with Gasteiger partial charge in [-0.25, -0.2) is 4.39 Å². The first-order valence-electron chi connectivity index (χ1n) is 11.1. The minimum Gasteiger partial charge on any atom is -0.493 e. The largest absolute Gasteiger partial charge is 0.493 e. The summed E-state index contributed by atoms with van der Waals surface area (Å²) in [5.41, 5.74) is 2.29. The summed E-state index contributed by atoms with van der Waals surface area (Å²) in [6.45, 7) is 4.84. The Hall–Kier alpha value is -3.35. The van der Waals surface area contributed by atoms with Gasteiger partial charge in [-0.3, -0.25) is 9.59 Å². The number of benzene rings is 2. The van der Waals surface area contributed by atoms with Crippen molar-refractivity contribution in [3.63, 3.8) is 0 Å². The predicted molar refractivity (Wildman–Crippen MR) is 125 cm³/mol. The lowest BCUT2D eigenvalue weighted by Crippen LogP contribution is -2.44. The lowest BCUT2D eigenvalue weighted by molar-refractivity contribution is -0.137. The number of methoxy groups -OCH3 is 1. The highest BCUT2D eigenvalue weighted by molar-refractivity contribution is 5.80. The molecule has 0 spiro atoms. The highest BCUT2D eigenvalue weighted by Gasteiger charge is 2.27. The van der Waals surface area contributed by atoms with Crippen LogP contribution in [-0.2, 0) is 16.1 Å². The second-order valence-corrected chi connectivity index (χ2v) is 8.16. The van der Waals surface area contributed by atoms with Gasteiger partial charge in [0.15, 0.2) is 18.1 Å². The van der Waals surface area contributed by atoms with Crippen molar-refractivity contribution in [2.45, 2.75) is 33.2 Å². The summed E-state index contributed by atoms with van der Waals surface area (Å²) in [5.74, 6) is 0.462. The summed E-state index contributed by atoms with van der Waals surface area (Å²) >= 11 is 0. The van der Waals surface area contributed by atoms with Gasteiger partial charge in [0.25, 0.3) is 5.91 Å². The van der Waals surface area contributed by atoms with Crippen LogP contribution in [0.15, 0.2) is 42.5 Å². The van der Waals surface area contributed by atoms with E-state index >= 15 is 0 Å². The number of hydrogen-bond donors (Lipinski definition) is 1. The maximum absolute atomic E-state index is 13.7. The van der Waals surface area contributed by atoms with E-state index in [-0.39, 0.29) is 36.7 Å². The molecule has 2 amide bonds. The standard InChI is InChI=1S/C26H31FN2O4/c1-4-5-19-8-9-23(24(15-19)32-3)33-17-25(30)29-12-10-21(11-13-29)26(31)28-16-20-7-6-18(2)22(27)14-20/h4-9,14-15,21H,10-13,16-17H2,1-3H3,(H,28,31). The van der Waals surface area contributed by atoms with E-state index in [4.69, 9.17) is 9.47 Å². The molecule has 0 unspecified atom stereocenters. The molecule has 1 fully saturated rings. The second-order valence-electron chi connectivity index (χ2n) is 8.16. The van der Waals surface area contributed by atoms with Crippen molar-refractivity contribution >= 4 is 17.9 Å². The molecule has 176 valence electrons. The molecule has 0 saturated carbocycles. The highest BCUT2D eigenvalue weighted by atomic mass is 19.1. The average Bonchev–Trinajstić information content (AvgIpc) is 2.83. The van der Waals surface area contributed by atoms with E-state index in [1.165, 1.54) is 6.07 Å². The van der Waals surface area contributed by atoms with E-state index in [1.807, 2.05) is 37.3 Å². The number of rotatable bonds is 8. The van der Waals surface area contributed by atoms with E-state index < -0.39 is 0 Å². The van der Waals surface area contributed by atoms with Gasteiger partial charge in [-0.2, -0.15) is 0 Å². The number of piperidine rings is 1. The summed E-state index contributed by atoms with van der Waals surface area (Å²) in [4.78, 5) is 26.8. The third-order valence-electron chi connectivity index (χ3n) is 5.82. The van der Waals surface area contributed by atoms with Crippen LogP contribution in [0, 0.1) is 18.7 Å². The molecule has 3 rings (SSSR count). The number of likely N-dealkylation sites (tertiary alicyclic amines) is 1. The fraction of sp³-hybridized carbons (Fsp3) is 0.385. The van der Waals surface area contributed by atoms with Crippen LogP contribution in [0.4, 0.5) is 4.39 Å². The molecule has 2 aromatic rings. The van der Waals surface area contributed by atoms with Crippen LogP contribution >= 0.6 is 0 Å². The lowest BCUT2D eigenvalue weighted by Gasteiger charge is -2.31. The third kappa shape index (κ3) is 6.57. The van der Waals surface area contributed by atoms with Crippen LogP contribution in [0.3, 0.4) is 0 Å². The summed E-state index contributed by atoms with van der Waals surface area (Å²) in [7, 11) is 1.56. The van der Waals surface area contributed by atoms with Crippen molar-refractivity contribution in [2.24, 2.45) is 5.92 Å². The first kappa shape index (κ1) is 24.3. The molecule has 0 aliphatic carbocycles. The van der Waals surface area contributed by atoms with Gasteiger partial charge in [-0.1, -0.05) is 30.4 Å². The number of nitrogens with one attached hydrogen (secondary N) is 1. The number of allylic oxidation sites excluding steroid dienone is 1. The molecule has 1 aliphatic heterocycles. The van der Waals surface area contributed by atoms with Crippen LogP contribution in [-0.4, -0.2) is 43.5 Å². The Morgan fingerprint density at radius 2 is 1.91 bits per heavy atom. The molecule has 1 N–H and O–H groups in total. The van der Waals surface area contributed by atoms with Gasteiger partial charge in [0.2, 0.25) is 5.91 Å². The van der Waals surface area contributed by atoms with Gasteiger partial charge in [-0.05, 0) is 61.6 Å². The number of hydrogen-bond acceptors (Lipinski definition) is 4. The fourth-order valence-corrected chi connectivity index (χ4v) is 3.80. The van der Waals surface area contributed by atoms with Crippen LogP contribution < -0.4 is 14.8 Å². The monoisotopic (exact) mass is 454 g/mol. The van der Waals surface area contributed by atoms with E-state index in [0.29, 0.717) is 43.0 Å². The van der Waals surface area contributed by atoms with Crippen LogP contribution in [0.2, 0.25) is 0 Å². The Balaban J connectivity index is 1.45. The zero-order chi connectivity index (χ0) is 23.8. The smallest absolute Gasteiger partial charge is 0.260 e. The zero-order valence-electron chi connectivity index (χ0n) is 19.4. The summed E-state index contributed by atoms with van der Waals surface area (Å²) in [6, 6.07) is 10.5. The van der Waals surface area contributed by atoms with Gasteiger partial charge in [0, 0.05) is 25.6 Å². The molecule has 0 atom stereocenters. The molecule has 7 heteroatoms. The van der Waals surface area contributed by atoms with Crippen molar-refractivity contribution in [2.75, 3.05) is 26.8 Å². The van der Waals surface area contributed by atoms with E-state index in [9.17, 15) is 14.0 Å². The van der Waals surface area contributed by atoms with Gasteiger partial charge in [0.1, 0.15) is 5.82 Å². The lowest BCUT2D eigenvalue weighted by atomic mass is 9.95. The maximum Gasteiger partial charge on any atom is 0.260 e. The molecule has 2 aromatic carbocycles. The van der Waals surface area contributed by atoms with Crippen molar-refractivity contribution in [1.29, 1.82) is 0 Å². The minimum absolute atomic E-state index is 0.0645. The van der Waals surface area contributed by atoms with Crippen molar-refractivity contribution in [3.05, 3.63) is 65.0 Å². The van der Waals surface area contributed by atoms with Gasteiger partial charge < -0.3 is 19.7 Å². The van der Waals surface area contributed by atoms with Crippen molar-refractivity contribution in [3.8, 4) is 11.5 Å². The average molecular weight is 455 g/mol. The normalized spacial score (nSPS) is 14.4. The topological polar surface area (TPSA) is 67.9 Å². The third-order valence-corrected chi connectivity index (χ3v) is 5.82. The first-order valence-corrected chi connectivity index (χ1v) is 11.1. The summed E-state index contributed by atoms with van der Waals surface area (Å²) in [6.07, 6.45) is 5.06. The second kappa shape index (κ2) is 11.5. The van der Waals surface area contributed by atoms with Gasteiger partial charge in [0.05, 0.1) is 7.11 Å². The SMILES string of the molecule is CC=Cc1ccc(OCC(=O)N2CCC(C(=O)NCc3ccc(C)c(F)c3)CC2)c(OC)c1. The van der Waals surface area contributed by atoms with E-state index in [1.54, 1.807) is 31.1 Å². The number of amides is 2. The molecule has 0 radical (unpaired) electrons. The quantitative estimate of drug-likeness (QED) is 0.652. The number of ether oxygens (including phenoxy) is 2. The highest BCUT2D eigenvalue weighted by Crippen LogP contribution is 2.29. The number of halogens is 1. The Bertz CT molecular complexity index is 1010. The van der Waals surface area contributed by atoms with Crippen LogP contribution in [0.5, 0.6) is 11.5 Å². The van der Waals surface area contributed by atoms with Crippen molar-refractivity contribution in [1.82, 2.24) is 10.2 Å². The number of aryl methyl sites for hydroxylation is 1. The molecule has 1 aliphatic rings. The Morgan fingerprint density at radius 3 is 2.58 bits per heavy atom. The van der Waals surface area contributed by atoms with Crippen LogP contribution in [0.25, 0.3) is 6.08 Å². The molecule has 6 nitrogen and oxygen atoms in total. The Kier molecular flexibility index (Phi) is 8.46.